The van der Waals surface area contributed by atoms with Crippen LogP contribution in [0.1, 0.15) is 93.1 Å². The lowest BCUT2D eigenvalue weighted by Crippen LogP contribution is -2.12. The van der Waals surface area contributed by atoms with E-state index >= 15 is 0 Å². The molecule has 2 atom stereocenters. The van der Waals surface area contributed by atoms with Gasteiger partial charge in [-0.1, -0.05) is 98.8 Å². The van der Waals surface area contributed by atoms with Gasteiger partial charge in [-0.25, -0.2) is 0 Å². The quantitative estimate of drug-likeness (QED) is 0.183. The third-order valence-electron chi connectivity index (χ3n) is 8.10. The van der Waals surface area contributed by atoms with Crippen molar-refractivity contribution in [3.8, 4) is 0 Å². The molecule has 2 nitrogen and oxygen atoms in total. The third-order valence-corrected chi connectivity index (χ3v) is 8.10. The van der Waals surface area contributed by atoms with Gasteiger partial charge in [0, 0.05) is 35.1 Å². The van der Waals surface area contributed by atoms with E-state index in [9.17, 15) is 0 Å². The van der Waals surface area contributed by atoms with Crippen LogP contribution in [0.15, 0.2) is 121 Å². The fraction of sp³-hybridized carbons (Fsp3) is 0.250. The molecule has 4 rings (SSSR count). The summed E-state index contributed by atoms with van der Waals surface area (Å²) in [5.74, 6) is 0.262. The largest absolute Gasteiger partial charge is 0.261 e. The Kier molecular flexibility index (Phi) is 10.3. The van der Waals surface area contributed by atoms with Crippen molar-refractivity contribution in [1.29, 1.82) is 0 Å². The number of nitrogens with zero attached hydrogens (tertiary/aromatic N) is 2. The van der Waals surface area contributed by atoms with Crippen molar-refractivity contribution < 1.29 is 0 Å². The van der Waals surface area contributed by atoms with Gasteiger partial charge >= 0.3 is 0 Å². The number of benzene rings is 2. The minimum atomic E-state index is 0.107. The normalized spacial score (nSPS) is 13.4. The van der Waals surface area contributed by atoms with Crippen LogP contribution in [0.25, 0.3) is 16.7 Å². The lowest BCUT2D eigenvalue weighted by molar-refractivity contribution is 0.610. The number of aryl methyl sites for hydroxylation is 1. The van der Waals surface area contributed by atoms with Gasteiger partial charge in [-0.05, 0) is 104 Å². The van der Waals surface area contributed by atoms with Crippen molar-refractivity contribution in [3.05, 3.63) is 160 Å². The molecule has 0 amide bonds. The van der Waals surface area contributed by atoms with Crippen LogP contribution < -0.4 is 0 Å². The molecule has 2 aromatic heterocycles. The molecule has 0 fully saturated rings. The number of rotatable bonds is 10. The van der Waals surface area contributed by atoms with Gasteiger partial charge in [0.05, 0.1) is 5.69 Å². The molecule has 0 bridgehead atoms. The maximum Gasteiger partial charge on any atom is 0.0734 e. The summed E-state index contributed by atoms with van der Waals surface area (Å²) >= 11 is 0. The minimum absolute atomic E-state index is 0.107. The fourth-order valence-corrected chi connectivity index (χ4v) is 5.77. The molecule has 0 aliphatic carbocycles. The SMILES string of the molecule is C=C(CC)c1ccc(/C(=C/C(C)C(c2ccccc2)c2ccccn2)c2ncc(C(=C(C)C)/C(C)=C\C)cc2C)cc1. The van der Waals surface area contributed by atoms with Gasteiger partial charge in [0.25, 0.3) is 0 Å². The van der Waals surface area contributed by atoms with Crippen molar-refractivity contribution >= 4 is 16.7 Å². The molecule has 0 aliphatic rings. The molecule has 2 heterocycles. The van der Waals surface area contributed by atoms with E-state index in [1.165, 1.54) is 27.8 Å². The Labute approximate surface area is 253 Å². The van der Waals surface area contributed by atoms with Crippen molar-refractivity contribution in [1.82, 2.24) is 9.97 Å². The standard InChI is InChI=1S/C40H44N2/c1-9-28(5)32-19-21-33(22-20-32)36(40-31(8)24-35(26-42-40)38(27(3)4)29(6)10-2)25-30(7)39(34-16-12-11-13-17-34)37-18-14-15-23-41-37/h10-26,30,39H,5,9H2,1-4,6-8H3/b29-10-,36-25-. The molecule has 0 aliphatic heterocycles. The van der Waals surface area contributed by atoms with E-state index in [2.05, 4.69) is 140 Å². The fourth-order valence-electron chi connectivity index (χ4n) is 5.77. The van der Waals surface area contributed by atoms with Crippen molar-refractivity contribution in [3.63, 3.8) is 0 Å². The van der Waals surface area contributed by atoms with E-state index in [0.29, 0.717) is 0 Å². The lowest BCUT2D eigenvalue weighted by atomic mass is 9.81. The van der Waals surface area contributed by atoms with Crippen molar-refractivity contribution in [2.24, 2.45) is 5.92 Å². The van der Waals surface area contributed by atoms with Crippen LogP contribution >= 0.6 is 0 Å². The Hall–Kier alpha value is -4.30. The summed E-state index contributed by atoms with van der Waals surface area (Å²) in [6.45, 7) is 19.5. The molecule has 2 aromatic carbocycles. The second-order valence-electron chi connectivity index (χ2n) is 11.4. The Morgan fingerprint density at radius 1 is 0.857 bits per heavy atom. The van der Waals surface area contributed by atoms with Crippen LogP contribution in [0.5, 0.6) is 0 Å². The number of aromatic nitrogens is 2. The van der Waals surface area contributed by atoms with Crippen molar-refractivity contribution in [2.75, 3.05) is 0 Å². The highest BCUT2D eigenvalue weighted by Crippen LogP contribution is 2.36. The van der Waals surface area contributed by atoms with Crippen LogP contribution in [-0.4, -0.2) is 9.97 Å². The summed E-state index contributed by atoms with van der Waals surface area (Å²) in [6, 6.07) is 28.0. The monoisotopic (exact) mass is 552 g/mol. The zero-order valence-electron chi connectivity index (χ0n) is 26.3. The van der Waals surface area contributed by atoms with E-state index in [0.717, 1.165) is 45.6 Å². The highest BCUT2D eigenvalue weighted by molar-refractivity contribution is 5.84. The number of hydrogen-bond donors (Lipinski definition) is 0. The summed E-state index contributed by atoms with van der Waals surface area (Å²) in [7, 11) is 0. The first kappa shape index (κ1) is 30.7. The smallest absolute Gasteiger partial charge is 0.0734 e. The maximum atomic E-state index is 5.14. The average molecular weight is 553 g/mol. The van der Waals surface area contributed by atoms with Crippen LogP contribution in [0.2, 0.25) is 0 Å². The highest BCUT2D eigenvalue weighted by atomic mass is 14.7. The molecule has 0 saturated carbocycles. The molecular weight excluding hydrogens is 508 g/mol. The molecule has 4 aromatic rings. The Morgan fingerprint density at radius 3 is 2.10 bits per heavy atom. The molecule has 214 valence electrons. The Balaban J connectivity index is 1.89. The minimum Gasteiger partial charge on any atom is -0.261 e. The zero-order valence-corrected chi connectivity index (χ0v) is 26.3. The van der Waals surface area contributed by atoms with Crippen molar-refractivity contribution in [2.45, 2.75) is 60.8 Å². The van der Waals surface area contributed by atoms with E-state index < -0.39 is 0 Å². The number of hydrogen-bond acceptors (Lipinski definition) is 2. The highest BCUT2D eigenvalue weighted by Gasteiger charge is 2.23. The zero-order chi connectivity index (χ0) is 30.2. The predicted octanol–water partition coefficient (Wildman–Crippen LogP) is 10.9. The summed E-state index contributed by atoms with van der Waals surface area (Å²) in [5, 5.41) is 0. The number of allylic oxidation sites excluding steroid dienone is 6. The van der Waals surface area contributed by atoms with E-state index in [4.69, 9.17) is 9.97 Å². The Morgan fingerprint density at radius 2 is 1.52 bits per heavy atom. The van der Waals surface area contributed by atoms with E-state index in [-0.39, 0.29) is 11.8 Å². The van der Waals surface area contributed by atoms with Gasteiger partial charge < -0.3 is 0 Å². The number of pyridine rings is 2. The summed E-state index contributed by atoms with van der Waals surface area (Å²) in [5.41, 5.74) is 14.1. The van der Waals surface area contributed by atoms with Crippen LogP contribution in [0.4, 0.5) is 0 Å². The van der Waals surface area contributed by atoms with Gasteiger partial charge in [-0.15, -0.1) is 0 Å². The molecule has 42 heavy (non-hydrogen) atoms. The van der Waals surface area contributed by atoms with Crippen LogP contribution in [-0.2, 0) is 0 Å². The third kappa shape index (κ3) is 6.94. The van der Waals surface area contributed by atoms with Crippen LogP contribution in [0, 0.1) is 12.8 Å². The molecule has 0 radical (unpaired) electrons. The molecule has 0 spiro atoms. The van der Waals surface area contributed by atoms with Gasteiger partial charge in [-0.3, -0.25) is 9.97 Å². The van der Waals surface area contributed by atoms with Crippen LogP contribution in [0.3, 0.4) is 0 Å². The second-order valence-corrected chi connectivity index (χ2v) is 11.4. The maximum absolute atomic E-state index is 5.14. The van der Waals surface area contributed by atoms with Gasteiger partial charge in [0.15, 0.2) is 0 Å². The first-order chi connectivity index (χ1) is 20.2. The lowest BCUT2D eigenvalue weighted by Gasteiger charge is -2.24. The summed E-state index contributed by atoms with van der Waals surface area (Å²) < 4.78 is 0. The molecule has 0 saturated heterocycles. The summed E-state index contributed by atoms with van der Waals surface area (Å²) in [6.07, 6.45) is 9.43. The second kappa shape index (κ2) is 14.0. The molecule has 2 unspecified atom stereocenters. The first-order valence-electron chi connectivity index (χ1n) is 15.0. The van der Waals surface area contributed by atoms with Gasteiger partial charge in [0.2, 0.25) is 0 Å². The predicted molar refractivity (Wildman–Crippen MR) is 181 cm³/mol. The van der Waals surface area contributed by atoms with Gasteiger partial charge in [0.1, 0.15) is 0 Å². The van der Waals surface area contributed by atoms with E-state index in [1.807, 2.05) is 18.5 Å². The first-order valence-corrected chi connectivity index (χ1v) is 15.0. The van der Waals surface area contributed by atoms with E-state index in [1.54, 1.807) is 0 Å². The topological polar surface area (TPSA) is 25.8 Å². The van der Waals surface area contributed by atoms with Gasteiger partial charge in [-0.2, -0.15) is 0 Å². The molecular formula is C40H44N2. The summed E-state index contributed by atoms with van der Waals surface area (Å²) in [4.78, 5) is 9.94. The molecule has 2 heteroatoms. The Bertz CT molecular complexity index is 1560. The average Bonchev–Trinajstić information content (AvgIpc) is 3.01. The molecule has 0 N–H and O–H groups in total.